The van der Waals surface area contributed by atoms with Gasteiger partial charge in [0.15, 0.2) is 0 Å². The van der Waals surface area contributed by atoms with E-state index in [0.717, 1.165) is 0 Å². The minimum atomic E-state index is 1.25. The van der Waals surface area contributed by atoms with Gasteiger partial charge in [-0.25, -0.2) is 0 Å². The van der Waals surface area contributed by atoms with Crippen molar-refractivity contribution in [2.75, 3.05) is 0 Å². The van der Waals surface area contributed by atoms with E-state index < -0.39 is 0 Å². The highest BCUT2D eigenvalue weighted by Gasteiger charge is 2.12. The molecule has 0 aliphatic carbocycles. The summed E-state index contributed by atoms with van der Waals surface area (Å²) in [5, 5.41) is 0. The van der Waals surface area contributed by atoms with Crippen LogP contribution in [-0.4, -0.2) is 0 Å². The molecule has 160 valence electrons. The molecule has 5 aromatic carbocycles. The Morgan fingerprint density at radius 1 is 0.333 bits per heavy atom. The van der Waals surface area contributed by atoms with Crippen molar-refractivity contribution in [3.8, 4) is 44.5 Å². The molecule has 0 atom stereocenters. The Hall–Kier alpha value is -3.90. The zero-order chi connectivity index (χ0) is 22.8. The number of rotatable bonds is 4. The van der Waals surface area contributed by atoms with Gasteiger partial charge in [-0.05, 0) is 88.0 Å². The second-order valence-electron chi connectivity index (χ2n) is 8.84. The average Bonchev–Trinajstić information content (AvgIpc) is 2.85. The Balaban J connectivity index is 1.61. The standard InChI is InChI=1S/C33H28/c1-23-19-28(26-12-5-4-6-13-26)22-29(20-23)33-16-10-9-15-32(33)27-17-18-31(25(3)21-27)30-14-8-7-11-24(30)2/h4-22H,1-3H3. The molecule has 0 heterocycles. The molecule has 0 radical (unpaired) electrons. The normalized spacial score (nSPS) is 10.9. The van der Waals surface area contributed by atoms with E-state index in [1.807, 2.05) is 0 Å². The van der Waals surface area contributed by atoms with E-state index in [2.05, 4.69) is 136 Å². The van der Waals surface area contributed by atoms with E-state index in [-0.39, 0.29) is 0 Å². The Labute approximate surface area is 197 Å². The topological polar surface area (TPSA) is 0 Å². The van der Waals surface area contributed by atoms with Crippen LogP contribution in [0.5, 0.6) is 0 Å². The average molecular weight is 425 g/mol. The predicted octanol–water partition coefficient (Wildman–Crippen LogP) is 9.28. The SMILES string of the molecule is Cc1cc(-c2ccccc2)cc(-c2ccccc2-c2ccc(-c3ccccc3C)c(C)c2)c1. The van der Waals surface area contributed by atoms with Gasteiger partial charge in [0, 0.05) is 0 Å². The van der Waals surface area contributed by atoms with Crippen LogP contribution in [0.25, 0.3) is 44.5 Å². The van der Waals surface area contributed by atoms with E-state index in [1.54, 1.807) is 0 Å². The summed E-state index contributed by atoms with van der Waals surface area (Å²) in [5.74, 6) is 0. The minimum absolute atomic E-state index is 1.25. The molecule has 0 unspecified atom stereocenters. The van der Waals surface area contributed by atoms with Gasteiger partial charge in [-0.15, -0.1) is 0 Å². The number of hydrogen-bond acceptors (Lipinski definition) is 0. The van der Waals surface area contributed by atoms with Crippen LogP contribution in [0.2, 0.25) is 0 Å². The van der Waals surface area contributed by atoms with Crippen LogP contribution < -0.4 is 0 Å². The molecule has 0 nitrogen and oxygen atoms in total. The molecule has 5 aromatic rings. The van der Waals surface area contributed by atoms with Crippen molar-refractivity contribution < 1.29 is 0 Å². The van der Waals surface area contributed by atoms with E-state index in [1.165, 1.54) is 61.2 Å². The first-order valence-electron chi connectivity index (χ1n) is 11.5. The smallest absolute Gasteiger partial charge is 0.0105 e. The summed E-state index contributed by atoms with van der Waals surface area (Å²) in [6.07, 6.45) is 0. The maximum Gasteiger partial charge on any atom is -0.0105 e. The van der Waals surface area contributed by atoms with Gasteiger partial charge in [0.1, 0.15) is 0 Å². The van der Waals surface area contributed by atoms with Crippen molar-refractivity contribution in [2.24, 2.45) is 0 Å². The Morgan fingerprint density at radius 3 is 1.61 bits per heavy atom. The molecule has 0 bridgehead atoms. The monoisotopic (exact) mass is 424 g/mol. The Morgan fingerprint density at radius 2 is 0.909 bits per heavy atom. The van der Waals surface area contributed by atoms with Crippen LogP contribution in [-0.2, 0) is 0 Å². The van der Waals surface area contributed by atoms with Crippen LogP contribution in [0.3, 0.4) is 0 Å². The Kier molecular flexibility index (Phi) is 5.67. The number of hydrogen-bond donors (Lipinski definition) is 0. The summed E-state index contributed by atoms with van der Waals surface area (Å²) < 4.78 is 0. The van der Waals surface area contributed by atoms with Crippen molar-refractivity contribution in [1.29, 1.82) is 0 Å². The predicted molar refractivity (Wildman–Crippen MR) is 142 cm³/mol. The lowest BCUT2D eigenvalue weighted by Gasteiger charge is -2.15. The third-order valence-corrected chi connectivity index (χ3v) is 6.40. The quantitative estimate of drug-likeness (QED) is 0.270. The molecule has 0 N–H and O–H groups in total. The van der Waals surface area contributed by atoms with E-state index >= 15 is 0 Å². The molecule has 0 heteroatoms. The van der Waals surface area contributed by atoms with Crippen molar-refractivity contribution in [3.63, 3.8) is 0 Å². The zero-order valence-corrected chi connectivity index (χ0v) is 19.5. The third-order valence-electron chi connectivity index (χ3n) is 6.40. The van der Waals surface area contributed by atoms with Crippen LogP contribution in [0.4, 0.5) is 0 Å². The summed E-state index contributed by atoms with van der Waals surface area (Å²) in [7, 11) is 0. The molecule has 0 fully saturated rings. The highest BCUT2D eigenvalue weighted by molar-refractivity contribution is 5.87. The molecule has 0 aromatic heterocycles. The first-order chi connectivity index (χ1) is 16.1. The molecule has 0 aliphatic rings. The fourth-order valence-corrected chi connectivity index (χ4v) is 4.73. The first-order valence-corrected chi connectivity index (χ1v) is 11.5. The Bertz CT molecular complexity index is 1420. The molecule has 0 amide bonds. The minimum Gasteiger partial charge on any atom is -0.0622 e. The van der Waals surface area contributed by atoms with Gasteiger partial charge in [-0.2, -0.15) is 0 Å². The lowest BCUT2D eigenvalue weighted by atomic mass is 9.89. The molecule has 0 aliphatic heterocycles. The molecular weight excluding hydrogens is 396 g/mol. The first kappa shape index (κ1) is 21.0. The summed E-state index contributed by atoms with van der Waals surface area (Å²) in [5.41, 5.74) is 14.0. The molecular formula is C33H28. The maximum atomic E-state index is 2.33. The highest BCUT2D eigenvalue weighted by atomic mass is 14.2. The molecule has 33 heavy (non-hydrogen) atoms. The number of benzene rings is 5. The second kappa shape index (κ2) is 8.92. The zero-order valence-electron chi connectivity index (χ0n) is 19.5. The maximum absolute atomic E-state index is 2.33. The van der Waals surface area contributed by atoms with Gasteiger partial charge in [-0.1, -0.05) is 109 Å². The van der Waals surface area contributed by atoms with Crippen molar-refractivity contribution >= 4 is 0 Å². The van der Waals surface area contributed by atoms with Crippen molar-refractivity contribution in [2.45, 2.75) is 20.8 Å². The second-order valence-corrected chi connectivity index (χ2v) is 8.84. The number of aryl methyl sites for hydroxylation is 3. The van der Waals surface area contributed by atoms with E-state index in [0.29, 0.717) is 0 Å². The molecule has 0 spiro atoms. The van der Waals surface area contributed by atoms with Gasteiger partial charge in [0.05, 0.1) is 0 Å². The summed E-state index contributed by atoms with van der Waals surface area (Å²) in [6, 6.07) is 41.7. The van der Waals surface area contributed by atoms with Gasteiger partial charge < -0.3 is 0 Å². The molecule has 5 rings (SSSR count). The van der Waals surface area contributed by atoms with Gasteiger partial charge in [0.2, 0.25) is 0 Å². The summed E-state index contributed by atoms with van der Waals surface area (Å²) in [4.78, 5) is 0. The van der Waals surface area contributed by atoms with Crippen molar-refractivity contribution in [3.05, 3.63) is 132 Å². The van der Waals surface area contributed by atoms with E-state index in [9.17, 15) is 0 Å². The van der Waals surface area contributed by atoms with Crippen LogP contribution in [0.15, 0.2) is 115 Å². The summed E-state index contributed by atoms with van der Waals surface area (Å²) >= 11 is 0. The third kappa shape index (κ3) is 4.25. The van der Waals surface area contributed by atoms with E-state index in [4.69, 9.17) is 0 Å². The van der Waals surface area contributed by atoms with Gasteiger partial charge in [0.25, 0.3) is 0 Å². The lowest BCUT2D eigenvalue weighted by Crippen LogP contribution is -1.91. The summed E-state index contributed by atoms with van der Waals surface area (Å²) in [6.45, 7) is 6.58. The van der Waals surface area contributed by atoms with Crippen molar-refractivity contribution in [1.82, 2.24) is 0 Å². The fourth-order valence-electron chi connectivity index (χ4n) is 4.73. The lowest BCUT2D eigenvalue weighted by molar-refractivity contribution is 1.40. The van der Waals surface area contributed by atoms with Crippen LogP contribution in [0, 0.1) is 20.8 Å². The van der Waals surface area contributed by atoms with Crippen LogP contribution >= 0.6 is 0 Å². The fraction of sp³-hybridized carbons (Fsp3) is 0.0909. The van der Waals surface area contributed by atoms with Crippen LogP contribution in [0.1, 0.15) is 16.7 Å². The van der Waals surface area contributed by atoms with Gasteiger partial charge in [-0.3, -0.25) is 0 Å². The molecule has 0 saturated heterocycles. The largest absolute Gasteiger partial charge is 0.0622 e. The highest BCUT2D eigenvalue weighted by Crippen LogP contribution is 2.37. The molecule has 0 saturated carbocycles. The van der Waals surface area contributed by atoms with Gasteiger partial charge >= 0.3 is 0 Å².